The number of rotatable bonds is 5. The highest BCUT2D eigenvalue weighted by Crippen LogP contribution is 2.21. The van der Waals surface area contributed by atoms with Crippen molar-refractivity contribution in [3.8, 4) is 0 Å². The van der Waals surface area contributed by atoms with Crippen molar-refractivity contribution in [2.24, 2.45) is 5.92 Å². The number of likely N-dealkylation sites (tertiary alicyclic amines) is 1. The number of anilines is 1. The number of piperidine rings is 1. The van der Waals surface area contributed by atoms with Gasteiger partial charge in [-0.25, -0.2) is 0 Å². The molecule has 21 heavy (non-hydrogen) atoms. The van der Waals surface area contributed by atoms with Crippen LogP contribution in [0.25, 0.3) is 0 Å². The first-order valence-electron chi connectivity index (χ1n) is 7.70. The van der Waals surface area contributed by atoms with E-state index in [4.69, 9.17) is 0 Å². The van der Waals surface area contributed by atoms with Crippen molar-refractivity contribution in [2.75, 3.05) is 25.0 Å². The third-order valence-electron chi connectivity index (χ3n) is 4.20. The molecule has 1 saturated heterocycles. The van der Waals surface area contributed by atoms with E-state index in [9.17, 15) is 9.59 Å². The molecule has 0 unspecified atom stereocenters. The summed E-state index contributed by atoms with van der Waals surface area (Å²) in [7, 11) is 0. The number of amides is 1. The summed E-state index contributed by atoms with van der Waals surface area (Å²) in [4.78, 5) is 25.1. The minimum atomic E-state index is 0.0311. The average Bonchev–Trinajstić information content (AvgIpc) is 2.50. The summed E-state index contributed by atoms with van der Waals surface area (Å²) in [5.74, 6) is 0.205. The second kappa shape index (κ2) is 7.36. The molecular formula is C17H24N2O2. The SMILES string of the molecule is CCc1cccc(C)c1NC(=O)CN1CCC(C=O)CC1. The van der Waals surface area contributed by atoms with E-state index < -0.39 is 0 Å². The number of carbonyl (C=O) groups is 2. The van der Waals surface area contributed by atoms with E-state index in [1.54, 1.807) is 0 Å². The van der Waals surface area contributed by atoms with Crippen molar-refractivity contribution in [1.29, 1.82) is 0 Å². The van der Waals surface area contributed by atoms with Crippen molar-refractivity contribution in [3.63, 3.8) is 0 Å². The maximum atomic E-state index is 12.2. The van der Waals surface area contributed by atoms with Gasteiger partial charge in [0, 0.05) is 11.6 Å². The number of hydrogen-bond donors (Lipinski definition) is 1. The summed E-state index contributed by atoms with van der Waals surface area (Å²) >= 11 is 0. The second-order valence-corrected chi connectivity index (χ2v) is 5.76. The Balaban J connectivity index is 1.92. The number of hydrogen-bond acceptors (Lipinski definition) is 3. The Bertz CT molecular complexity index is 506. The van der Waals surface area contributed by atoms with Gasteiger partial charge in [-0.15, -0.1) is 0 Å². The Labute approximate surface area is 126 Å². The predicted octanol–water partition coefficient (Wildman–Crippen LogP) is 2.41. The van der Waals surface area contributed by atoms with Crippen LogP contribution in [0.1, 0.15) is 30.9 Å². The van der Waals surface area contributed by atoms with Crippen LogP contribution in [0.4, 0.5) is 5.69 Å². The lowest BCUT2D eigenvalue weighted by atomic mass is 9.99. The molecule has 0 aromatic heterocycles. The van der Waals surface area contributed by atoms with Gasteiger partial charge < -0.3 is 10.1 Å². The minimum Gasteiger partial charge on any atom is -0.324 e. The van der Waals surface area contributed by atoms with Crippen LogP contribution in [0.2, 0.25) is 0 Å². The smallest absolute Gasteiger partial charge is 0.238 e. The van der Waals surface area contributed by atoms with Crippen molar-refractivity contribution in [2.45, 2.75) is 33.1 Å². The van der Waals surface area contributed by atoms with E-state index in [-0.39, 0.29) is 11.8 Å². The monoisotopic (exact) mass is 288 g/mol. The molecule has 4 heteroatoms. The van der Waals surface area contributed by atoms with E-state index in [0.717, 1.165) is 49.9 Å². The number of aryl methyl sites for hydroxylation is 2. The number of aldehydes is 1. The number of benzene rings is 1. The molecule has 1 aromatic carbocycles. The molecule has 0 radical (unpaired) electrons. The van der Waals surface area contributed by atoms with Crippen LogP contribution < -0.4 is 5.32 Å². The van der Waals surface area contributed by atoms with Crippen molar-refractivity contribution >= 4 is 17.9 Å². The molecule has 1 aliphatic rings. The zero-order valence-electron chi connectivity index (χ0n) is 12.9. The molecule has 1 amide bonds. The van der Waals surface area contributed by atoms with Gasteiger partial charge in [-0.3, -0.25) is 9.69 Å². The standard InChI is InChI=1S/C17H24N2O2/c1-3-15-6-4-5-13(2)17(15)18-16(21)11-19-9-7-14(12-20)8-10-19/h4-6,12,14H,3,7-11H2,1-2H3,(H,18,21). The van der Waals surface area contributed by atoms with Crippen LogP contribution in [0.5, 0.6) is 0 Å². The van der Waals surface area contributed by atoms with Crippen LogP contribution in [-0.2, 0) is 16.0 Å². The topological polar surface area (TPSA) is 49.4 Å². The van der Waals surface area contributed by atoms with Gasteiger partial charge in [-0.2, -0.15) is 0 Å². The molecule has 0 spiro atoms. The maximum absolute atomic E-state index is 12.2. The molecule has 0 aliphatic carbocycles. The summed E-state index contributed by atoms with van der Waals surface area (Å²) in [6, 6.07) is 6.09. The van der Waals surface area contributed by atoms with Crippen LogP contribution >= 0.6 is 0 Å². The predicted molar refractivity (Wildman–Crippen MR) is 84.4 cm³/mol. The van der Waals surface area contributed by atoms with Gasteiger partial charge in [0.15, 0.2) is 0 Å². The Morgan fingerprint density at radius 3 is 2.71 bits per heavy atom. The lowest BCUT2D eigenvalue weighted by Crippen LogP contribution is -2.39. The normalized spacial score (nSPS) is 16.7. The van der Waals surface area contributed by atoms with Crippen molar-refractivity contribution in [3.05, 3.63) is 29.3 Å². The fraction of sp³-hybridized carbons (Fsp3) is 0.529. The Morgan fingerprint density at radius 1 is 1.38 bits per heavy atom. The van der Waals surface area contributed by atoms with Gasteiger partial charge in [0.1, 0.15) is 6.29 Å². The van der Waals surface area contributed by atoms with Gasteiger partial charge in [0.25, 0.3) is 0 Å². The second-order valence-electron chi connectivity index (χ2n) is 5.76. The summed E-state index contributed by atoms with van der Waals surface area (Å²) in [6.07, 6.45) is 3.67. The summed E-state index contributed by atoms with van der Waals surface area (Å²) in [5, 5.41) is 3.05. The number of nitrogens with zero attached hydrogens (tertiary/aromatic N) is 1. The van der Waals surface area contributed by atoms with E-state index in [2.05, 4.69) is 23.2 Å². The van der Waals surface area contributed by atoms with Crippen LogP contribution in [0, 0.1) is 12.8 Å². The molecular weight excluding hydrogens is 264 g/mol. The first kappa shape index (κ1) is 15.7. The number of carbonyl (C=O) groups excluding carboxylic acids is 2. The third kappa shape index (κ3) is 4.14. The first-order chi connectivity index (χ1) is 10.1. The summed E-state index contributed by atoms with van der Waals surface area (Å²) in [6.45, 7) is 6.17. The summed E-state index contributed by atoms with van der Waals surface area (Å²) < 4.78 is 0. The summed E-state index contributed by atoms with van der Waals surface area (Å²) in [5.41, 5.74) is 3.22. The molecule has 1 heterocycles. The molecule has 1 aromatic rings. The van der Waals surface area contributed by atoms with Crippen molar-refractivity contribution < 1.29 is 9.59 Å². The van der Waals surface area contributed by atoms with Crippen LogP contribution in [-0.4, -0.2) is 36.7 Å². The quantitative estimate of drug-likeness (QED) is 0.846. The fourth-order valence-electron chi connectivity index (χ4n) is 2.83. The van der Waals surface area contributed by atoms with Crippen LogP contribution in [0.3, 0.4) is 0 Å². The Kier molecular flexibility index (Phi) is 5.51. The van der Waals surface area contributed by atoms with Crippen LogP contribution in [0.15, 0.2) is 18.2 Å². The Hall–Kier alpha value is -1.68. The molecule has 2 rings (SSSR count). The number of nitrogens with one attached hydrogen (secondary N) is 1. The van der Waals surface area contributed by atoms with Gasteiger partial charge in [-0.1, -0.05) is 25.1 Å². The van der Waals surface area contributed by atoms with E-state index in [0.29, 0.717) is 6.54 Å². The van der Waals surface area contributed by atoms with E-state index in [1.165, 1.54) is 5.56 Å². The Morgan fingerprint density at radius 2 is 2.10 bits per heavy atom. The minimum absolute atomic E-state index is 0.0311. The molecule has 1 fully saturated rings. The number of para-hydroxylation sites is 1. The fourth-order valence-corrected chi connectivity index (χ4v) is 2.83. The zero-order chi connectivity index (χ0) is 15.2. The van der Waals surface area contributed by atoms with Gasteiger partial charge in [-0.05, 0) is 50.4 Å². The molecule has 0 atom stereocenters. The molecule has 1 N–H and O–H groups in total. The molecule has 0 bridgehead atoms. The highest BCUT2D eigenvalue weighted by atomic mass is 16.2. The highest BCUT2D eigenvalue weighted by Gasteiger charge is 2.20. The van der Waals surface area contributed by atoms with Gasteiger partial charge in [0.05, 0.1) is 6.54 Å². The molecule has 4 nitrogen and oxygen atoms in total. The lowest BCUT2D eigenvalue weighted by Gasteiger charge is -2.29. The van der Waals surface area contributed by atoms with Gasteiger partial charge in [0.2, 0.25) is 5.91 Å². The van der Waals surface area contributed by atoms with Gasteiger partial charge >= 0.3 is 0 Å². The van der Waals surface area contributed by atoms with E-state index in [1.807, 2.05) is 19.1 Å². The average molecular weight is 288 g/mol. The molecule has 0 saturated carbocycles. The maximum Gasteiger partial charge on any atom is 0.238 e. The molecule has 114 valence electrons. The molecule has 1 aliphatic heterocycles. The largest absolute Gasteiger partial charge is 0.324 e. The highest BCUT2D eigenvalue weighted by molar-refractivity contribution is 5.93. The zero-order valence-corrected chi connectivity index (χ0v) is 12.9. The van der Waals surface area contributed by atoms with Crippen molar-refractivity contribution in [1.82, 2.24) is 4.90 Å². The lowest BCUT2D eigenvalue weighted by molar-refractivity contribution is -0.117. The first-order valence-corrected chi connectivity index (χ1v) is 7.70. The third-order valence-corrected chi connectivity index (χ3v) is 4.20. The van der Waals surface area contributed by atoms with E-state index >= 15 is 0 Å².